The summed E-state index contributed by atoms with van der Waals surface area (Å²) in [4.78, 5) is 7.05. The van der Waals surface area contributed by atoms with Crippen LogP contribution in [0.5, 0.6) is 0 Å². The molecule has 0 unspecified atom stereocenters. The smallest absolute Gasteiger partial charge is 0.0467 e. The molecule has 2 rings (SSSR count). The highest BCUT2D eigenvalue weighted by atomic mass is 32.2. The van der Waals surface area contributed by atoms with Gasteiger partial charge in [-0.25, -0.2) is 0 Å². The minimum atomic E-state index is 1.11. The summed E-state index contributed by atoms with van der Waals surface area (Å²) in [6, 6.07) is 8.51. The number of para-hydroxylation sites is 1. The van der Waals surface area contributed by atoms with Gasteiger partial charge in [-0.1, -0.05) is 18.2 Å². The van der Waals surface area contributed by atoms with Gasteiger partial charge in [-0.05, 0) is 27.1 Å². The molecule has 86 valence electrons. The molecule has 1 aromatic carbocycles. The lowest BCUT2D eigenvalue weighted by atomic mass is 10.2. The first-order chi connectivity index (χ1) is 7.68. The third-order valence-corrected chi connectivity index (χ3v) is 3.82. The van der Waals surface area contributed by atoms with E-state index < -0.39 is 0 Å². The Hall–Kier alpha value is -0.930. The number of benzene rings is 1. The van der Waals surface area contributed by atoms with Crippen LogP contribution in [-0.2, 0) is 0 Å². The molecule has 0 spiro atoms. The van der Waals surface area contributed by atoms with Crippen molar-refractivity contribution in [1.82, 2.24) is 9.88 Å². The van der Waals surface area contributed by atoms with Crippen LogP contribution in [0.1, 0.15) is 5.69 Å². The number of rotatable bonds is 4. The first-order valence-electron chi connectivity index (χ1n) is 5.53. The number of aromatic amines is 1. The van der Waals surface area contributed by atoms with Gasteiger partial charge in [0.05, 0.1) is 0 Å². The molecule has 16 heavy (non-hydrogen) atoms. The SMILES string of the molecule is Cc1[nH]c2ccccc2c1SCCN(C)C. The second kappa shape index (κ2) is 4.93. The summed E-state index contributed by atoms with van der Waals surface area (Å²) in [5.41, 5.74) is 2.53. The van der Waals surface area contributed by atoms with E-state index in [0.29, 0.717) is 0 Å². The molecule has 0 saturated heterocycles. The van der Waals surface area contributed by atoms with E-state index in [1.54, 1.807) is 0 Å². The van der Waals surface area contributed by atoms with Crippen LogP contribution in [0, 0.1) is 6.92 Å². The summed E-state index contributed by atoms with van der Waals surface area (Å²) in [7, 11) is 4.23. The van der Waals surface area contributed by atoms with Crippen molar-refractivity contribution < 1.29 is 0 Å². The predicted molar refractivity (Wildman–Crippen MR) is 72.3 cm³/mol. The van der Waals surface area contributed by atoms with E-state index in [-0.39, 0.29) is 0 Å². The third-order valence-electron chi connectivity index (χ3n) is 2.62. The van der Waals surface area contributed by atoms with Crippen molar-refractivity contribution in [2.24, 2.45) is 0 Å². The van der Waals surface area contributed by atoms with Gasteiger partial charge in [-0.15, -0.1) is 11.8 Å². The molecule has 0 bridgehead atoms. The lowest BCUT2D eigenvalue weighted by Gasteiger charge is -2.08. The van der Waals surface area contributed by atoms with Crippen molar-refractivity contribution in [3.63, 3.8) is 0 Å². The van der Waals surface area contributed by atoms with E-state index in [2.05, 4.69) is 55.2 Å². The van der Waals surface area contributed by atoms with Crippen molar-refractivity contribution in [1.29, 1.82) is 0 Å². The first kappa shape index (κ1) is 11.6. The van der Waals surface area contributed by atoms with E-state index in [1.807, 2.05) is 11.8 Å². The summed E-state index contributed by atoms with van der Waals surface area (Å²) in [5.74, 6) is 1.13. The summed E-state index contributed by atoms with van der Waals surface area (Å²) in [5, 5.41) is 1.35. The van der Waals surface area contributed by atoms with Gasteiger partial charge >= 0.3 is 0 Å². The van der Waals surface area contributed by atoms with Gasteiger partial charge in [0.2, 0.25) is 0 Å². The van der Waals surface area contributed by atoms with Crippen molar-refractivity contribution >= 4 is 22.7 Å². The van der Waals surface area contributed by atoms with Crippen LogP contribution in [-0.4, -0.2) is 36.3 Å². The van der Waals surface area contributed by atoms with Crippen LogP contribution in [0.2, 0.25) is 0 Å². The minimum Gasteiger partial charge on any atom is -0.358 e. The van der Waals surface area contributed by atoms with Crippen LogP contribution in [0.25, 0.3) is 10.9 Å². The first-order valence-corrected chi connectivity index (χ1v) is 6.52. The number of nitrogens with one attached hydrogen (secondary N) is 1. The zero-order valence-corrected chi connectivity index (χ0v) is 10.9. The molecule has 0 atom stereocenters. The van der Waals surface area contributed by atoms with Crippen LogP contribution >= 0.6 is 11.8 Å². The maximum absolute atomic E-state index is 3.43. The van der Waals surface area contributed by atoms with Crippen molar-refractivity contribution in [3.8, 4) is 0 Å². The number of aryl methyl sites for hydroxylation is 1. The number of thioether (sulfide) groups is 1. The molecule has 0 fully saturated rings. The molecule has 1 aromatic heterocycles. The summed E-state index contributed by atoms with van der Waals surface area (Å²) < 4.78 is 0. The molecule has 1 heterocycles. The van der Waals surface area contributed by atoms with Crippen molar-refractivity contribution in [3.05, 3.63) is 30.0 Å². The molecular formula is C13H18N2S. The van der Waals surface area contributed by atoms with Crippen LogP contribution in [0.3, 0.4) is 0 Å². The lowest BCUT2D eigenvalue weighted by Crippen LogP contribution is -2.14. The Morgan fingerprint density at radius 2 is 2.00 bits per heavy atom. The van der Waals surface area contributed by atoms with Gasteiger partial charge in [-0.2, -0.15) is 0 Å². The highest BCUT2D eigenvalue weighted by molar-refractivity contribution is 7.99. The molecule has 0 radical (unpaired) electrons. The highest BCUT2D eigenvalue weighted by Gasteiger charge is 2.07. The Morgan fingerprint density at radius 1 is 1.25 bits per heavy atom. The van der Waals surface area contributed by atoms with Gasteiger partial charge < -0.3 is 9.88 Å². The Balaban J connectivity index is 2.19. The van der Waals surface area contributed by atoms with E-state index in [4.69, 9.17) is 0 Å². The van der Waals surface area contributed by atoms with Gasteiger partial charge in [0, 0.05) is 33.8 Å². The second-order valence-corrected chi connectivity index (χ2v) is 5.38. The molecule has 3 heteroatoms. The second-order valence-electron chi connectivity index (χ2n) is 4.28. The largest absolute Gasteiger partial charge is 0.358 e. The molecule has 0 saturated carbocycles. The van der Waals surface area contributed by atoms with Gasteiger partial charge in [0.15, 0.2) is 0 Å². The molecule has 0 aliphatic rings. The maximum atomic E-state index is 3.43. The van der Waals surface area contributed by atoms with E-state index >= 15 is 0 Å². The summed E-state index contributed by atoms with van der Waals surface area (Å²) in [6.45, 7) is 3.27. The van der Waals surface area contributed by atoms with Crippen molar-refractivity contribution in [2.45, 2.75) is 11.8 Å². The quantitative estimate of drug-likeness (QED) is 0.820. The molecular weight excluding hydrogens is 216 g/mol. The number of hydrogen-bond donors (Lipinski definition) is 1. The summed E-state index contributed by atoms with van der Waals surface area (Å²) >= 11 is 1.94. The number of fused-ring (bicyclic) bond motifs is 1. The average molecular weight is 234 g/mol. The molecule has 0 amide bonds. The van der Waals surface area contributed by atoms with E-state index in [1.165, 1.54) is 21.5 Å². The normalized spacial score (nSPS) is 11.5. The van der Waals surface area contributed by atoms with Gasteiger partial charge in [0.1, 0.15) is 0 Å². The standard InChI is InChI=1S/C13H18N2S/c1-10-13(16-9-8-15(2)3)11-6-4-5-7-12(11)14-10/h4-7,14H,8-9H2,1-3H3. The maximum Gasteiger partial charge on any atom is 0.0467 e. The molecule has 2 aromatic rings. The fraction of sp³-hybridized carbons (Fsp3) is 0.385. The Bertz CT molecular complexity index is 474. The highest BCUT2D eigenvalue weighted by Crippen LogP contribution is 2.30. The van der Waals surface area contributed by atoms with Crippen LogP contribution in [0.4, 0.5) is 0 Å². The summed E-state index contributed by atoms with van der Waals surface area (Å²) in [6.07, 6.45) is 0. The number of H-pyrrole nitrogens is 1. The van der Waals surface area contributed by atoms with Crippen LogP contribution in [0.15, 0.2) is 29.2 Å². The number of aromatic nitrogens is 1. The fourth-order valence-corrected chi connectivity index (χ4v) is 3.03. The Labute approximate surface area is 101 Å². The zero-order chi connectivity index (χ0) is 11.5. The lowest BCUT2D eigenvalue weighted by molar-refractivity contribution is 0.437. The number of nitrogens with zero attached hydrogens (tertiary/aromatic N) is 1. The van der Waals surface area contributed by atoms with E-state index in [0.717, 1.165) is 12.3 Å². The minimum absolute atomic E-state index is 1.11. The monoisotopic (exact) mass is 234 g/mol. The molecule has 0 aliphatic carbocycles. The Kier molecular flexibility index (Phi) is 3.56. The van der Waals surface area contributed by atoms with Gasteiger partial charge in [0.25, 0.3) is 0 Å². The zero-order valence-electron chi connectivity index (χ0n) is 10.1. The molecule has 2 nitrogen and oxygen atoms in total. The van der Waals surface area contributed by atoms with Crippen molar-refractivity contribution in [2.75, 3.05) is 26.4 Å². The third kappa shape index (κ3) is 2.42. The molecule has 0 aliphatic heterocycles. The van der Waals surface area contributed by atoms with Gasteiger partial charge in [-0.3, -0.25) is 0 Å². The molecule has 1 N–H and O–H groups in total. The Morgan fingerprint density at radius 3 is 2.75 bits per heavy atom. The number of hydrogen-bond acceptors (Lipinski definition) is 2. The van der Waals surface area contributed by atoms with E-state index in [9.17, 15) is 0 Å². The predicted octanol–water partition coefficient (Wildman–Crippen LogP) is 3.13. The average Bonchev–Trinajstić information content (AvgIpc) is 2.55. The fourth-order valence-electron chi connectivity index (χ4n) is 1.77. The topological polar surface area (TPSA) is 19.0 Å². The van der Waals surface area contributed by atoms with Crippen LogP contribution < -0.4 is 0 Å².